The van der Waals surface area contributed by atoms with Crippen molar-refractivity contribution >= 4 is 5.97 Å². The van der Waals surface area contributed by atoms with Crippen LogP contribution in [0.2, 0.25) is 0 Å². The first-order valence-corrected chi connectivity index (χ1v) is 9.16. The van der Waals surface area contributed by atoms with Crippen LogP contribution in [-0.4, -0.2) is 23.8 Å². The highest BCUT2D eigenvalue weighted by atomic mass is 16.5. The predicted octanol–water partition coefficient (Wildman–Crippen LogP) is 5.28. The normalized spacial score (nSPS) is 20.1. The van der Waals surface area contributed by atoms with Crippen LogP contribution in [-0.2, 0) is 9.53 Å². The van der Waals surface area contributed by atoms with Crippen molar-refractivity contribution in [3.63, 3.8) is 0 Å². The van der Waals surface area contributed by atoms with Gasteiger partial charge in [-0.3, -0.25) is 4.79 Å². The molecule has 140 valence electrons. The van der Waals surface area contributed by atoms with Crippen molar-refractivity contribution in [2.24, 2.45) is 5.41 Å². The van der Waals surface area contributed by atoms with E-state index in [9.17, 15) is 9.90 Å². The highest BCUT2D eigenvalue weighted by Gasteiger charge is 2.26. The van der Waals surface area contributed by atoms with E-state index in [-0.39, 0.29) is 18.0 Å². The molecule has 25 heavy (non-hydrogen) atoms. The fourth-order valence-corrected chi connectivity index (χ4v) is 3.20. The first-order valence-electron chi connectivity index (χ1n) is 9.16. The Bertz CT molecular complexity index is 588. The minimum Gasteiger partial charge on any atom is -0.462 e. The van der Waals surface area contributed by atoms with Gasteiger partial charge in [-0.1, -0.05) is 43.2 Å². The van der Waals surface area contributed by atoms with Gasteiger partial charge in [0.2, 0.25) is 0 Å². The zero-order valence-corrected chi connectivity index (χ0v) is 16.7. The Labute approximate surface area is 153 Å². The topological polar surface area (TPSA) is 46.5 Å². The van der Waals surface area contributed by atoms with Crippen LogP contribution in [0, 0.1) is 5.41 Å². The minimum atomic E-state index is -0.550. The molecule has 1 N–H and O–H groups in total. The highest BCUT2D eigenvalue weighted by Crippen LogP contribution is 2.40. The highest BCUT2D eigenvalue weighted by molar-refractivity contribution is 5.66. The van der Waals surface area contributed by atoms with E-state index in [2.05, 4.69) is 45.9 Å². The van der Waals surface area contributed by atoms with Gasteiger partial charge in [-0.2, -0.15) is 0 Å². The lowest BCUT2D eigenvalue weighted by Crippen LogP contribution is -2.19. The molecule has 1 unspecified atom stereocenters. The molecule has 0 aliphatic heterocycles. The largest absolute Gasteiger partial charge is 0.462 e. The number of hydrogen-bond acceptors (Lipinski definition) is 3. The van der Waals surface area contributed by atoms with Gasteiger partial charge in [0.05, 0.1) is 6.10 Å². The average Bonchev–Trinajstić information content (AvgIpc) is 2.50. The molecule has 0 bridgehead atoms. The maximum absolute atomic E-state index is 10.7. The Kier molecular flexibility index (Phi) is 8.37. The monoisotopic (exact) mass is 346 g/mol. The Morgan fingerprint density at radius 3 is 2.56 bits per heavy atom. The Balaban J connectivity index is 2.65. The third-order valence-corrected chi connectivity index (χ3v) is 4.94. The van der Waals surface area contributed by atoms with E-state index in [0.29, 0.717) is 6.42 Å². The average molecular weight is 347 g/mol. The van der Waals surface area contributed by atoms with Crippen LogP contribution in [0.25, 0.3) is 0 Å². The molecule has 0 radical (unpaired) electrons. The summed E-state index contributed by atoms with van der Waals surface area (Å²) in [5.74, 6) is -0.311. The van der Waals surface area contributed by atoms with Crippen LogP contribution in [0.4, 0.5) is 0 Å². The molecule has 0 aromatic rings. The third-order valence-electron chi connectivity index (χ3n) is 4.94. The zero-order chi connectivity index (χ0) is 19.0. The summed E-state index contributed by atoms with van der Waals surface area (Å²) in [5.41, 5.74) is 5.15. The van der Waals surface area contributed by atoms with E-state index in [1.165, 1.54) is 37.3 Å². The van der Waals surface area contributed by atoms with E-state index in [0.717, 1.165) is 11.1 Å². The van der Waals surface area contributed by atoms with Crippen molar-refractivity contribution in [3.05, 3.63) is 46.6 Å². The molecule has 1 aliphatic carbocycles. The third kappa shape index (κ3) is 7.43. The fourth-order valence-electron chi connectivity index (χ4n) is 3.20. The number of esters is 1. The molecule has 0 amide bonds. The fraction of sp³-hybridized carbons (Fsp3) is 0.591. The Morgan fingerprint density at radius 2 is 1.96 bits per heavy atom. The molecular formula is C22H34O3. The molecule has 0 saturated carbocycles. The predicted molar refractivity (Wildman–Crippen MR) is 104 cm³/mol. The number of allylic oxidation sites excluding steroid dienone is 5. The molecule has 0 fully saturated rings. The molecule has 0 aromatic heterocycles. The van der Waals surface area contributed by atoms with Gasteiger partial charge in [-0.15, -0.1) is 0 Å². The van der Waals surface area contributed by atoms with E-state index >= 15 is 0 Å². The molecule has 0 heterocycles. The summed E-state index contributed by atoms with van der Waals surface area (Å²) >= 11 is 0. The minimum absolute atomic E-state index is 0.212. The lowest BCUT2D eigenvalue weighted by Gasteiger charge is -2.32. The van der Waals surface area contributed by atoms with Gasteiger partial charge >= 0.3 is 5.97 Å². The van der Waals surface area contributed by atoms with Gasteiger partial charge in [0.1, 0.15) is 6.61 Å². The van der Waals surface area contributed by atoms with Crippen molar-refractivity contribution in [1.82, 2.24) is 0 Å². The molecular weight excluding hydrogens is 312 g/mol. The molecule has 1 atom stereocenters. The van der Waals surface area contributed by atoms with Crippen LogP contribution < -0.4 is 0 Å². The van der Waals surface area contributed by atoms with Gasteiger partial charge in [-0.25, -0.2) is 0 Å². The molecule has 0 saturated heterocycles. The van der Waals surface area contributed by atoms with Crippen LogP contribution in [0.3, 0.4) is 0 Å². The van der Waals surface area contributed by atoms with Crippen LogP contribution in [0.15, 0.2) is 46.6 Å². The van der Waals surface area contributed by atoms with E-state index in [4.69, 9.17) is 4.74 Å². The van der Waals surface area contributed by atoms with Crippen molar-refractivity contribution in [2.45, 2.75) is 73.3 Å². The number of aliphatic hydroxyl groups excluding tert-OH is 1. The summed E-state index contributed by atoms with van der Waals surface area (Å²) in [6.07, 6.45) is 11.9. The summed E-state index contributed by atoms with van der Waals surface area (Å²) in [6, 6.07) is 0. The summed E-state index contributed by atoms with van der Waals surface area (Å²) in [5, 5.41) is 10.2. The lowest BCUT2D eigenvalue weighted by molar-refractivity contribution is -0.139. The zero-order valence-electron chi connectivity index (χ0n) is 16.7. The first-order chi connectivity index (χ1) is 11.6. The second kappa shape index (κ2) is 9.76. The standard InChI is InChI=1S/C22H34O3/c1-16(9-11-20-17(2)8-7-14-22(20,5)6)10-12-21(24)18(3)13-15-25-19(4)23/h9-11,13,21,24H,7-8,12,14-15H2,1-6H3/b11-9+,16-10+,18-13+. The molecule has 0 aromatic carbocycles. The summed E-state index contributed by atoms with van der Waals surface area (Å²) in [6.45, 7) is 12.4. The van der Waals surface area contributed by atoms with Crippen molar-refractivity contribution in [2.75, 3.05) is 6.61 Å². The molecule has 3 nitrogen and oxygen atoms in total. The molecule has 0 spiro atoms. The van der Waals surface area contributed by atoms with Crippen LogP contribution in [0.5, 0.6) is 0 Å². The maximum atomic E-state index is 10.7. The van der Waals surface area contributed by atoms with Gasteiger partial charge < -0.3 is 9.84 Å². The van der Waals surface area contributed by atoms with Crippen molar-refractivity contribution in [1.29, 1.82) is 0 Å². The SMILES string of the molecule is CC(=O)OC/C=C(\C)C(O)C/C=C(C)/C=C/C1=C(C)CCCC1(C)C. The number of carbonyl (C=O) groups excluding carboxylic acids is 1. The molecule has 1 rings (SSSR count). The van der Waals surface area contributed by atoms with Gasteiger partial charge in [0.25, 0.3) is 0 Å². The number of aliphatic hydroxyl groups is 1. The van der Waals surface area contributed by atoms with Gasteiger partial charge in [-0.05, 0) is 69.1 Å². The van der Waals surface area contributed by atoms with E-state index in [1.54, 1.807) is 6.08 Å². The molecule has 3 heteroatoms. The lowest BCUT2D eigenvalue weighted by atomic mass is 9.72. The number of ether oxygens (including phenoxy) is 1. The summed E-state index contributed by atoms with van der Waals surface area (Å²) < 4.78 is 4.87. The smallest absolute Gasteiger partial charge is 0.302 e. The number of hydrogen-bond donors (Lipinski definition) is 1. The van der Waals surface area contributed by atoms with Gasteiger partial charge in [0.15, 0.2) is 0 Å². The Hall–Kier alpha value is -1.61. The van der Waals surface area contributed by atoms with Crippen molar-refractivity contribution < 1.29 is 14.6 Å². The number of carbonyl (C=O) groups is 1. The molecule has 1 aliphatic rings. The summed E-state index contributed by atoms with van der Waals surface area (Å²) in [4.78, 5) is 10.7. The van der Waals surface area contributed by atoms with E-state index in [1.807, 2.05) is 6.92 Å². The van der Waals surface area contributed by atoms with Gasteiger partial charge in [0, 0.05) is 6.92 Å². The Morgan fingerprint density at radius 1 is 1.28 bits per heavy atom. The second-order valence-electron chi connectivity index (χ2n) is 7.72. The van der Waals surface area contributed by atoms with E-state index < -0.39 is 6.10 Å². The quantitative estimate of drug-likeness (QED) is 0.388. The summed E-state index contributed by atoms with van der Waals surface area (Å²) in [7, 11) is 0. The second-order valence-corrected chi connectivity index (χ2v) is 7.72. The van der Waals surface area contributed by atoms with Crippen LogP contribution >= 0.6 is 0 Å². The van der Waals surface area contributed by atoms with Crippen LogP contribution in [0.1, 0.15) is 67.2 Å². The first kappa shape index (κ1) is 21.4. The van der Waals surface area contributed by atoms with Crippen molar-refractivity contribution in [3.8, 4) is 0 Å². The number of rotatable bonds is 7. The maximum Gasteiger partial charge on any atom is 0.302 e.